The van der Waals surface area contributed by atoms with Crippen molar-refractivity contribution in [3.05, 3.63) is 182 Å². The Morgan fingerprint density at radius 2 is 0.982 bits per heavy atom. The van der Waals surface area contributed by atoms with Gasteiger partial charge in [-0.2, -0.15) is 0 Å². The van der Waals surface area contributed by atoms with Gasteiger partial charge in [-0.1, -0.05) is 140 Å². The molecule has 0 saturated carbocycles. The summed E-state index contributed by atoms with van der Waals surface area (Å²) < 4.78 is 11.5. The molecule has 266 valence electrons. The van der Waals surface area contributed by atoms with Gasteiger partial charge in [0.1, 0.15) is 11.2 Å². The standard InChI is InChI=1S/C51H30N4OS/c1-3-13-31(14-4-1)35-19-11-20-39-38-27-25-34(30-46(38)57-48(35)39)51-53-49(32-15-5-2-6-16-32)52-50(54-51)33-26-28-40-45(29-33)56-44-24-12-23-43(47(40)44)55-41-21-9-7-17-36(41)37-18-8-10-22-42(37)55/h1-30H. The number of furan rings is 1. The van der Waals surface area contributed by atoms with E-state index >= 15 is 0 Å². The largest absolute Gasteiger partial charge is 0.456 e. The second-order valence-electron chi connectivity index (χ2n) is 14.4. The molecule has 0 radical (unpaired) electrons. The minimum atomic E-state index is 0.589. The average Bonchev–Trinajstić information content (AvgIpc) is 3.96. The van der Waals surface area contributed by atoms with Gasteiger partial charge in [-0.15, -0.1) is 11.3 Å². The fourth-order valence-corrected chi connectivity index (χ4v) is 9.73. The number of fused-ring (bicyclic) bond motifs is 9. The van der Waals surface area contributed by atoms with Crippen LogP contribution in [0.15, 0.2) is 186 Å². The van der Waals surface area contributed by atoms with Crippen LogP contribution in [0.25, 0.3) is 115 Å². The van der Waals surface area contributed by atoms with Gasteiger partial charge in [0.05, 0.1) is 22.1 Å². The Bertz CT molecular complexity index is 3470. The van der Waals surface area contributed by atoms with Crippen molar-refractivity contribution in [3.63, 3.8) is 0 Å². The molecule has 12 aromatic rings. The van der Waals surface area contributed by atoms with E-state index in [9.17, 15) is 0 Å². The summed E-state index contributed by atoms with van der Waals surface area (Å²) in [6, 6.07) is 63.7. The topological polar surface area (TPSA) is 56.7 Å². The van der Waals surface area contributed by atoms with E-state index in [-0.39, 0.29) is 0 Å². The van der Waals surface area contributed by atoms with Crippen LogP contribution < -0.4 is 0 Å². The molecule has 4 heterocycles. The maximum Gasteiger partial charge on any atom is 0.164 e. The van der Waals surface area contributed by atoms with Gasteiger partial charge < -0.3 is 8.98 Å². The molecule has 0 fully saturated rings. The van der Waals surface area contributed by atoms with Gasteiger partial charge in [0, 0.05) is 53.0 Å². The highest BCUT2D eigenvalue weighted by Gasteiger charge is 2.20. The van der Waals surface area contributed by atoms with E-state index in [1.165, 1.54) is 42.1 Å². The maximum atomic E-state index is 6.64. The number of hydrogen-bond donors (Lipinski definition) is 0. The number of nitrogens with zero attached hydrogens (tertiary/aromatic N) is 4. The van der Waals surface area contributed by atoms with Crippen molar-refractivity contribution < 1.29 is 4.42 Å². The van der Waals surface area contributed by atoms with Gasteiger partial charge in [0.2, 0.25) is 0 Å². The van der Waals surface area contributed by atoms with E-state index in [0.717, 1.165) is 55.3 Å². The van der Waals surface area contributed by atoms with E-state index in [2.05, 4.69) is 150 Å². The fraction of sp³-hybridized carbons (Fsp3) is 0. The first-order chi connectivity index (χ1) is 28.2. The van der Waals surface area contributed by atoms with Crippen molar-refractivity contribution in [2.45, 2.75) is 0 Å². The van der Waals surface area contributed by atoms with Gasteiger partial charge >= 0.3 is 0 Å². The minimum Gasteiger partial charge on any atom is -0.456 e. The van der Waals surface area contributed by atoms with E-state index in [4.69, 9.17) is 19.4 Å². The zero-order valence-electron chi connectivity index (χ0n) is 30.4. The van der Waals surface area contributed by atoms with Crippen molar-refractivity contribution in [3.8, 4) is 51.0 Å². The molecular weight excluding hydrogens is 717 g/mol. The molecule has 0 aliphatic carbocycles. The summed E-state index contributed by atoms with van der Waals surface area (Å²) in [7, 11) is 0. The van der Waals surface area contributed by atoms with Crippen LogP contribution >= 0.6 is 11.3 Å². The Hall–Kier alpha value is -7.41. The van der Waals surface area contributed by atoms with Gasteiger partial charge in [-0.25, -0.2) is 15.0 Å². The highest BCUT2D eigenvalue weighted by molar-refractivity contribution is 7.26. The third-order valence-corrected chi connectivity index (χ3v) is 12.3. The zero-order chi connectivity index (χ0) is 37.5. The van der Waals surface area contributed by atoms with Gasteiger partial charge in [0.15, 0.2) is 17.5 Å². The van der Waals surface area contributed by atoms with E-state index in [1.54, 1.807) is 0 Å². The van der Waals surface area contributed by atoms with E-state index in [0.29, 0.717) is 17.5 Å². The first kappa shape index (κ1) is 31.9. The van der Waals surface area contributed by atoms with Gasteiger partial charge in [-0.3, -0.25) is 0 Å². The van der Waals surface area contributed by atoms with Gasteiger partial charge in [0.25, 0.3) is 0 Å². The average molecular weight is 747 g/mol. The quantitative estimate of drug-likeness (QED) is 0.176. The highest BCUT2D eigenvalue weighted by atomic mass is 32.1. The van der Waals surface area contributed by atoms with Crippen molar-refractivity contribution >= 4 is 75.3 Å². The van der Waals surface area contributed by atoms with E-state index in [1.807, 2.05) is 47.7 Å². The lowest BCUT2D eigenvalue weighted by Gasteiger charge is -2.10. The lowest BCUT2D eigenvalue weighted by Crippen LogP contribution is -2.00. The molecular formula is C51H30N4OS. The maximum absolute atomic E-state index is 6.64. The van der Waals surface area contributed by atoms with Crippen LogP contribution in [0.1, 0.15) is 0 Å². The van der Waals surface area contributed by atoms with Crippen LogP contribution in [0.5, 0.6) is 0 Å². The molecule has 0 N–H and O–H groups in total. The van der Waals surface area contributed by atoms with Crippen molar-refractivity contribution in [2.24, 2.45) is 0 Å². The van der Waals surface area contributed by atoms with Crippen LogP contribution in [-0.2, 0) is 0 Å². The summed E-state index contributed by atoms with van der Waals surface area (Å²) in [4.78, 5) is 15.3. The number of aromatic nitrogens is 4. The molecule has 57 heavy (non-hydrogen) atoms. The first-order valence-electron chi connectivity index (χ1n) is 19.0. The molecule has 6 heteroatoms. The minimum absolute atomic E-state index is 0.589. The third kappa shape index (κ3) is 5.04. The normalized spacial score (nSPS) is 11.9. The van der Waals surface area contributed by atoms with Crippen LogP contribution in [-0.4, -0.2) is 19.5 Å². The van der Waals surface area contributed by atoms with Gasteiger partial charge in [-0.05, 0) is 53.6 Å². The SMILES string of the molecule is c1ccc(-c2nc(-c3ccc4c(c3)oc3cccc(-n5c6ccccc6c6ccccc65)c34)nc(-c3ccc4c(c3)sc3c(-c5ccccc5)cccc34)n2)cc1. The van der Waals surface area contributed by atoms with Crippen LogP contribution in [0.2, 0.25) is 0 Å². The molecule has 0 spiro atoms. The number of hydrogen-bond acceptors (Lipinski definition) is 5. The number of rotatable bonds is 5. The van der Waals surface area contributed by atoms with E-state index < -0.39 is 0 Å². The lowest BCUT2D eigenvalue weighted by atomic mass is 10.0. The molecule has 0 aliphatic heterocycles. The molecule has 12 rings (SSSR count). The summed E-state index contributed by atoms with van der Waals surface area (Å²) >= 11 is 1.81. The summed E-state index contributed by atoms with van der Waals surface area (Å²) in [5, 5.41) is 7.04. The van der Waals surface area contributed by atoms with Crippen LogP contribution in [0, 0.1) is 0 Å². The summed E-state index contributed by atoms with van der Waals surface area (Å²) in [6.07, 6.45) is 0. The smallest absolute Gasteiger partial charge is 0.164 e. The molecule has 0 aliphatic rings. The van der Waals surface area contributed by atoms with Crippen LogP contribution in [0.3, 0.4) is 0 Å². The Morgan fingerprint density at radius 1 is 0.404 bits per heavy atom. The summed E-state index contributed by atoms with van der Waals surface area (Å²) in [6.45, 7) is 0. The number of benzene rings is 8. The Morgan fingerprint density at radius 3 is 1.70 bits per heavy atom. The molecule has 0 amide bonds. The van der Waals surface area contributed by atoms with Crippen molar-refractivity contribution in [1.29, 1.82) is 0 Å². The van der Waals surface area contributed by atoms with Crippen molar-refractivity contribution in [1.82, 2.24) is 19.5 Å². The predicted molar refractivity (Wildman–Crippen MR) is 236 cm³/mol. The molecule has 0 unspecified atom stereocenters. The second-order valence-corrected chi connectivity index (χ2v) is 15.4. The Kier molecular flexibility index (Phi) is 7.03. The second kappa shape index (κ2) is 12.6. The molecule has 0 atom stereocenters. The molecule has 4 aromatic heterocycles. The van der Waals surface area contributed by atoms with Crippen molar-refractivity contribution in [2.75, 3.05) is 0 Å². The summed E-state index contributed by atoms with van der Waals surface area (Å²) in [5.74, 6) is 1.84. The highest BCUT2D eigenvalue weighted by Crippen LogP contribution is 2.42. The molecule has 0 bridgehead atoms. The predicted octanol–water partition coefficient (Wildman–Crippen LogP) is 13.9. The first-order valence-corrected chi connectivity index (χ1v) is 19.8. The lowest BCUT2D eigenvalue weighted by molar-refractivity contribution is 0.669. The fourth-order valence-electron chi connectivity index (χ4n) is 8.45. The molecule has 8 aromatic carbocycles. The molecule has 5 nitrogen and oxygen atoms in total. The Labute approximate surface area is 330 Å². The number of para-hydroxylation sites is 2. The Balaban J connectivity index is 1.02. The third-order valence-electron chi connectivity index (χ3n) is 11.1. The monoisotopic (exact) mass is 746 g/mol. The zero-order valence-corrected chi connectivity index (χ0v) is 31.2. The van der Waals surface area contributed by atoms with Crippen LogP contribution in [0.4, 0.5) is 0 Å². The number of thiophene rings is 1. The molecule has 0 saturated heterocycles. The summed E-state index contributed by atoms with van der Waals surface area (Å²) in [5.41, 5.74) is 10.2.